The van der Waals surface area contributed by atoms with Crippen LogP contribution in [-0.2, 0) is 0 Å². The number of hydrogen-bond acceptors (Lipinski definition) is 5. The minimum atomic E-state index is -1.08. The zero-order valence-electron chi connectivity index (χ0n) is 11.6. The second kappa shape index (κ2) is 6.02. The molecule has 1 aromatic heterocycles. The average molecular weight is 305 g/mol. The largest absolute Gasteiger partial charge is 0.478 e. The number of thiazole rings is 1. The molecule has 0 aliphatic rings. The Kier molecular flexibility index (Phi) is 4.35. The van der Waals surface area contributed by atoms with E-state index in [2.05, 4.69) is 4.98 Å². The van der Waals surface area contributed by atoms with Crippen molar-refractivity contribution in [2.75, 3.05) is 11.9 Å². The number of carbonyl (C=O) groups excluding carboxylic acids is 1. The van der Waals surface area contributed by atoms with Crippen LogP contribution < -0.4 is 10.6 Å². The standard InChI is InChI=1S/C14H15N3O3S/c1-8(15)12-16-10(7-21-12)13(18)17(2)11-6-4-3-5-9(11)14(19)20/h3-8H,15H2,1-2H3,(H,19,20). The Labute approximate surface area is 125 Å². The van der Waals surface area contributed by atoms with Crippen molar-refractivity contribution in [1.82, 2.24) is 4.98 Å². The number of para-hydroxylation sites is 1. The first-order chi connectivity index (χ1) is 9.91. The maximum atomic E-state index is 12.4. The van der Waals surface area contributed by atoms with Gasteiger partial charge in [-0.1, -0.05) is 12.1 Å². The van der Waals surface area contributed by atoms with Crippen LogP contribution in [0.15, 0.2) is 29.6 Å². The third kappa shape index (κ3) is 3.09. The van der Waals surface area contributed by atoms with Crippen LogP contribution >= 0.6 is 11.3 Å². The minimum absolute atomic E-state index is 0.0657. The van der Waals surface area contributed by atoms with E-state index in [1.807, 2.05) is 0 Å². The molecule has 0 bridgehead atoms. The van der Waals surface area contributed by atoms with E-state index in [4.69, 9.17) is 5.73 Å². The van der Waals surface area contributed by atoms with E-state index in [1.165, 1.54) is 29.4 Å². The van der Waals surface area contributed by atoms with E-state index in [0.29, 0.717) is 10.7 Å². The molecular formula is C14H15N3O3S. The van der Waals surface area contributed by atoms with E-state index < -0.39 is 5.97 Å². The van der Waals surface area contributed by atoms with Gasteiger partial charge in [0.1, 0.15) is 10.7 Å². The molecule has 0 radical (unpaired) electrons. The Bertz CT molecular complexity index is 682. The number of aromatic carboxylic acids is 1. The number of aromatic nitrogens is 1. The number of carboxylic acids is 1. The van der Waals surface area contributed by atoms with Gasteiger partial charge in [0, 0.05) is 12.4 Å². The molecule has 7 heteroatoms. The van der Waals surface area contributed by atoms with Gasteiger partial charge in [0.2, 0.25) is 0 Å². The molecular weight excluding hydrogens is 290 g/mol. The van der Waals surface area contributed by atoms with E-state index in [-0.39, 0.29) is 23.2 Å². The van der Waals surface area contributed by atoms with E-state index in [0.717, 1.165) is 0 Å². The molecule has 1 unspecified atom stereocenters. The van der Waals surface area contributed by atoms with Crippen molar-refractivity contribution in [3.05, 3.63) is 45.9 Å². The highest BCUT2D eigenvalue weighted by molar-refractivity contribution is 7.09. The van der Waals surface area contributed by atoms with Gasteiger partial charge in [-0.05, 0) is 19.1 Å². The van der Waals surface area contributed by atoms with Crippen molar-refractivity contribution < 1.29 is 14.7 Å². The first-order valence-corrected chi connectivity index (χ1v) is 7.11. The molecule has 21 heavy (non-hydrogen) atoms. The summed E-state index contributed by atoms with van der Waals surface area (Å²) >= 11 is 1.31. The lowest BCUT2D eigenvalue weighted by molar-refractivity contribution is 0.0697. The maximum absolute atomic E-state index is 12.4. The number of rotatable bonds is 4. The van der Waals surface area contributed by atoms with Gasteiger partial charge in [0.25, 0.3) is 5.91 Å². The fourth-order valence-corrected chi connectivity index (χ4v) is 2.57. The predicted octanol–water partition coefficient (Wildman–Crippen LogP) is 2.14. The Balaban J connectivity index is 2.33. The van der Waals surface area contributed by atoms with Gasteiger partial charge in [-0.25, -0.2) is 9.78 Å². The lowest BCUT2D eigenvalue weighted by atomic mass is 10.1. The summed E-state index contributed by atoms with van der Waals surface area (Å²) in [4.78, 5) is 29.1. The first kappa shape index (κ1) is 15.1. The predicted molar refractivity (Wildman–Crippen MR) is 80.9 cm³/mol. The van der Waals surface area contributed by atoms with Gasteiger partial charge in [0.15, 0.2) is 0 Å². The third-order valence-corrected chi connectivity index (χ3v) is 3.98. The van der Waals surface area contributed by atoms with Crippen LogP contribution in [0.1, 0.15) is 38.8 Å². The second-order valence-electron chi connectivity index (χ2n) is 4.55. The lowest BCUT2D eigenvalue weighted by Crippen LogP contribution is -2.28. The van der Waals surface area contributed by atoms with Gasteiger partial charge in [0.05, 0.1) is 17.3 Å². The molecule has 1 atom stereocenters. The number of benzene rings is 1. The summed E-state index contributed by atoms with van der Waals surface area (Å²) in [6.07, 6.45) is 0. The van der Waals surface area contributed by atoms with E-state index in [9.17, 15) is 14.7 Å². The molecule has 6 nitrogen and oxygen atoms in total. The van der Waals surface area contributed by atoms with Crippen molar-refractivity contribution in [3.8, 4) is 0 Å². The number of nitrogens with two attached hydrogens (primary N) is 1. The van der Waals surface area contributed by atoms with E-state index in [1.54, 1.807) is 30.5 Å². The summed E-state index contributed by atoms with van der Waals surface area (Å²) in [5.41, 5.74) is 6.37. The van der Waals surface area contributed by atoms with Crippen LogP contribution in [0.4, 0.5) is 5.69 Å². The second-order valence-corrected chi connectivity index (χ2v) is 5.44. The van der Waals surface area contributed by atoms with Crippen LogP contribution in [0.3, 0.4) is 0 Å². The molecule has 0 saturated carbocycles. The summed E-state index contributed by atoms with van der Waals surface area (Å²) in [5.74, 6) is -1.45. The summed E-state index contributed by atoms with van der Waals surface area (Å²) < 4.78 is 0. The fourth-order valence-electron chi connectivity index (χ4n) is 1.82. The molecule has 2 rings (SSSR count). The average Bonchev–Trinajstić information content (AvgIpc) is 2.95. The quantitative estimate of drug-likeness (QED) is 0.902. The summed E-state index contributed by atoms with van der Waals surface area (Å²) in [6.45, 7) is 1.79. The Morgan fingerprint density at radius 1 is 1.38 bits per heavy atom. The van der Waals surface area contributed by atoms with Crippen LogP contribution in [0, 0.1) is 0 Å². The number of amides is 1. The van der Waals surface area contributed by atoms with Crippen molar-refractivity contribution in [3.63, 3.8) is 0 Å². The van der Waals surface area contributed by atoms with Gasteiger partial charge in [-0.3, -0.25) is 4.79 Å². The molecule has 1 aromatic carbocycles. The fraction of sp³-hybridized carbons (Fsp3) is 0.214. The summed E-state index contributed by atoms with van der Waals surface area (Å²) in [7, 11) is 1.52. The molecule has 110 valence electrons. The zero-order chi connectivity index (χ0) is 15.6. The van der Waals surface area contributed by atoms with Crippen molar-refractivity contribution in [1.29, 1.82) is 0 Å². The summed E-state index contributed by atoms with van der Waals surface area (Å²) in [5, 5.41) is 11.5. The minimum Gasteiger partial charge on any atom is -0.478 e. The SMILES string of the molecule is CC(N)c1nc(C(=O)N(C)c2ccccc2C(=O)O)cs1. The smallest absolute Gasteiger partial charge is 0.337 e. The Hall–Kier alpha value is -2.25. The number of carboxylic acid groups (broad SMARTS) is 1. The highest BCUT2D eigenvalue weighted by atomic mass is 32.1. The molecule has 0 spiro atoms. The third-order valence-electron chi connectivity index (χ3n) is 2.93. The number of anilines is 1. The van der Waals surface area contributed by atoms with Crippen LogP contribution in [0.25, 0.3) is 0 Å². The van der Waals surface area contributed by atoms with Crippen LogP contribution in [0.2, 0.25) is 0 Å². The van der Waals surface area contributed by atoms with Crippen LogP contribution in [-0.4, -0.2) is 29.0 Å². The van der Waals surface area contributed by atoms with Crippen molar-refractivity contribution in [2.24, 2.45) is 5.73 Å². The lowest BCUT2D eigenvalue weighted by Gasteiger charge is -2.18. The highest BCUT2D eigenvalue weighted by Crippen LogP contribution is 2.22. The number of nitrogens with zero attached hydrogens (tertiary/aromatic N) is 2. The molecule has 3 N–H and O–H groups in total. The van der Waals surface area contributed by atoms with Crippen molar-refractivity contribution >= 4 is 28.9 Å². The molecule has 0 aliphatic heterocycles. The Morgan fingerprint density at radius 3 is 2.62 bits per heavy atom. The topological polar surface area (TPSA) is 96.5 Å². The maximum Gasteiger partial charge on any atom is 0.337 e. The van der Waals surface area contributed by atoms with E-state index >= 15 is 0 Å². The number of hydrogen-bond donors (Lipinski definition) is 2. The zero-order valence-corrected chi connectivity index (χ0v) is 12.4. The summed E-state index contributed by atoms with van der Waals surface area (Å²) in [6, 6.07) is 6.09. The first-order valence-electron chi connectivity index (χ1n) is 6.23. The van der Waals surface area contributed by atoms with Crippen molar-refractivity contribution in [2.45, 2.75) is 13.0 Å². The Morgan fingerprint density at radius 2 is 2.05 bits per heavy atom. The van der Waals surface area contributed by atoms with Gasteiger partial charge in [-0.15, -0.1) is 11.3 Å². The van der Waals surface area contributed by atoms with Crippen LogP contribution in [0.5, 0.6) is 0 Å². The molecule has 0 saturated heterocycles. The molecule has 1 heterocycles. The number of carbonyl (C=O) groups is 2. The highest BCUT2D eigenvalue weighted by Gasteiger charge is 2.21. The molecule has 0 aliphatic carbocycles. The molecule has 2 aromatic rings. The van der Waals surface area contributed by atoms with Gasteiger partial charge in [-0.2, -0.15) is 0 Å². The van der Waals surface area contributed by atoms with Gasteiger partial charge < -0.3 is 15.7 Å². The molecule has 1 amide bonds. The monoisotopic (exact) mass is 305 g/mol. The normalized spacial score (nSPS) is 12.0. The molecule has 0 fully saturated rings. The van der Waals surface area contributed by atoms with Gasteiger partial charge >= 0.3 is 5.97 Å².